The van der Waals surface area contributed by atoms with Crippen LogP contribution in [0.1, 0.15) is 5.56 Å². The Morgan fingerprint density at radius 2 is 2.33 bits per heavy atom. The van der Waals surface area contributed by atoms with Gasteiger partial charge in [-0.2, -0.15) is 9.97 Å². The summed E-state index contributed by atoms with van der Waals surface area (Å²) < 4.78 is 6.71. The minimum Gasteiger partial charge on any atom is -0.471 e. The molecule has 3 heterocycles. The van der Waals surface area contributed by atoms with E-state index in [1.165, 1.54) is 6.33 Å². The molecule has 3 rings (SSSR count). The summed E-state index contributed by atoms with van der Waals surface area (Å²) in [6.45, 7) is 0.423. The van der Waals surface area contributed by atoms with Gasteiger partial charge in [0.2, 0.25) is 11.8 Å². The Bertz CT molecular complexity index is 694. The number of nitrogens with two attached hydrogens (primary N) is 1. The highest BCUT2D eigenvalue weighted by Crippen LogP contribution is 2.24. The quantitative estimate of drug-likeness (QED) is 0.771. The fraction of sp³-hybridized carbons (Fsp3) is 0.100. The van der Waals surface area contributed by atoms with Crippen molar-refractivity contribution >= 4 is 44.4 Å². The second-order valence-electron chi connectivity index (χ2n) is 3.54. The molecule has 0 aliphatic carbocycles. The molecule has 0 unspecified atom stereocenters. The van der Waals surface area contributed by atoms with Crippen LogP contribution in [0.4, 0.5) is 5.95 Å². The lowest BCUT2D eigenvalue weighted by molar-refractivity contribution is 0.298. The van der Waals surface area contributed by atoms with Crippen molar-refractivity contribution < 1.29 is 4.74 Å². The molecule has 92 valence electrons. The summed E-state index contributed by atoms with van der Waals surface area (Å²) in [7, 11) is 0. The molecule has 8 heteroatoms. The molecule has 6 nitrogen and oxygen atoms in total. The van der Waals surface area contributed by atoms with Gasteiger partial charge >= 0.3 is 0 Å². The molecule has 0 fully saturated rings. The number of nitrogens with one attached hydrogen (secondary N) is 1. The zero-order chi connectivity index (χ0) is 12.5. The minimum atomic E-state index is 0.149. The fourth-order valence-corrected chi connectivity index (χ4v) is 2.69. The molecule has 3 aromatic rings. The number of anilines is 1. The number of rotatable bonds is 3. The first-order valence-electron chi connectivity index (χ1n) is 5.04. The molecular formula is C10H8BrN5OS. The number of thiophene rings is 1. The molecule has 0 radical (unpaired) electrons. The average molecular weight is 326 g/mol. The summed E-state index contributed by atoms with van der Waals surface area (Å²) >= 11 is 5.01. The van der Waals surface area contributed by atoms with Crippen LogP contribution in [0, 0.1) is 0 Å². The Balaban J connectivity index is 1.87. The lowest BCUT2D eigenvalue weighted by Gasteiger charge is -2.04. The van der Waals surface area contributed by atoms with Crippen molar-refractivity contribution in [2.24, 2.45) is 0 Å². The molecule has 0 aliphatic rings. The summed E-state index contributed by atoms with van der Waals surface area (Å²) in [4.78, 5) is 15.0. The molecule has 0 aliphatic heterocycles. The van der Waals surface area contributed by atoms with Crippen LogP contribution in [0.5, 0.6) is 5.88 Å². The van der Waals surface area contributed by atoms with E-state index in [0.717, 1.165) is 9.35 Å². The SMILES string of the molecule is Nc1nc(OCc2csc(Br)c2)c2[nH]cnc2n1. The van der Waals surface area contributed by atoms with E-state index in [1.807, 2.05) is 11.4 Å². The number of nitrogen functional groups attached to an aromatic ring is 1. The maximum atomic E-state index is 5.64. The molecular weight excluding hydrogens is 318 g/mol. The van der Waals surface area contributed by atoms with Crippen molar-refractivity contribution in [1.29, 1.82) is 0 Å². The zero-order valence-electron chi connectivity index (χ0n) is 9.05. The van der Waals surface area contributed by atoms with E-state index in [9.17, 15) is 0 Å². The standard InChI is InChI=1S/C10H8BrN5OS/c11-6-1-5(3-18-6)2-17-9-7-8(14-4-13-7)15-10(12)16-9/h1,3-4H,2H2,(H3,12,13,14,15,16). The maximum absolute atomic E-state index is 5.64. The van der Waals surface area contributed by atoms with E-state index >= 15 is 0 Å². The van der Waals surface area contributed by atoms with Crippen LogP contribution in [-0.2, 0) is 6.61 Å². The summed E-state index contributed by atoms with van der Waals surface area (Å²) in [6.07, 6.45) is 1.53. The van der Waals surface area contributed by atoms with Crippen molar-refractivity contribution in [2.45, 2.75) is 6.61 Å². The number of H-pyrrole nitrogens is 1. The predicted octanol–water partition coefficient (Wildman–Crippen LogP) is 2.34. The highest BCUT2D eigenvalue weighted by Gasteiger charge is 2.10. The summed E-state index contributed by atoms with van der Waals surface area (Å²) in [5.74, 6) is 0.563. The summed E-state index contributed by atoms with van der Waals surface area (Å²) in [5.41, 5.74) is 7.82. The molecule has 3 N–H and O–H groups in total. The molecule has 0 atom stereocenters. The van der Waals surface area contributed by atoms with Crippen LogP contribution in [0.3, 0.4) is 0 Å². The maximum Gasteiger partial charge on any atom is 0.245 e. The van der Waals surface area contributed by atoms with Crippen molar-refractivity contribution in [2.75, 3.05) is 5.73 Å². The highest BCUT2D eigenvalue weighted by molar-refractivity contribution is 9.11. The zero-order valence-corrected chi connectivity index (χ0v) is 11.5. The Morgan fingerprint density at radius 1 is 1.44 bits per heavy atom. The van der Waals surface area contributed by atoms with Crippen molar-refractivity contribution in [3.8, 4) is 5.88 Å². The first kappa shape index (κ1) is 11.4. The van der Waals surface area contributed by atoms with Gasteiger partial charge in [0, 0.05) is 5.56 Å². The first-order chi connectivity index (χ1) is 8.72. The fourth-order valence-electron chi connectivity index (χ4n) is 1.50. The van der Waals surface area contributed by atoms with Gasteiger partial charge in [0.05, 0.1) is 10.1 Å². The second kappa shape index (κ2) is 4.54. The van der Waals surface area contributed by atoms with E-state index in [1.54, 1.807) is 11.3 Å². The van der Waals surface area contributed by atoms with Crippen LogP contribution in [0.15, 0.2) is 21.6 Å². The summed E-state index contributed by atoms with van der Waals surface area (Å²) in [6, 6.07) is 2.00. The third kappa shape index (κ3) is 2.16. The van der Waals surface area contributed by atoms with E-state index in [2.05, 4.69) is 35.9 Å². The number of fused-ring (bicyclic) bond motifs is 1. The molecule has 0 amide bonds. The monoisotopic (exact) mass is 325 g/mol. The Hall–Kier alpha value is -1.67. The van der Waals surface area contributed by atoms with Gasteiger partial charge in [0.1, 0.15) is 12.1 Å². The molecule has 0 bridgehead atoms. The Morgan fingerprint density at radius 3 is 3.11 bits per heavy atom. The normalized spacial score (nSPS) is 10.9. The lowest BCUT2D eigenvalue weighted by Crippen LogP contribution is -2.01. The van der Waals surface area contributed by atoms with Gasteiger partial charge in [0.25, 0.3) is 0 Å². The van der Waals surface area contributed by atoms with Crippen molar-refractivity contribution in [3.05, 3.63) is 27.1 Å². The molecule has 18 heavy (non-hydrogen) atoms. The van der Waals surface area contributed by atoms with Gasteiger partial charge in [-0.3, -0.25) is 0 Å². The predicted molar refractivity (Wildman–Crippen MR) is 72.4 cm³/mol. The third-order valence-corrected chi connectivity index (χ3v) is 3.82. The number of halogens is 1. The Labute approximate surface area is 114 Å². The van der Waals surface area contributed by atoms with Gasteiger partial charge in [-0.15, -0.1) is 11.3 Å². The van der Waals surface area contributed by atoms with Gasteiger partial charge in [-0.25, -0.2) is 4.98 Å². The number of hydrogen-bond acceptors (Lipinski definition) is 6. The topological polar surface area (TPSA) is 89.7 Å². The first-order valence-corrected chi connectivity index (χ1v) is 6.72. The number of aromatic amines is 1. The average Bonchev–Trinajstić information content (AvgIpc) is 2.94. The number of nitrogens with zero attached hydrogens (tertiary/aromatic N) is 3. The van der Waals surface area contributed by atoms with Crippen LogP contribution in [0.25, 0.3) is 11.2 Å². The molecule has 0 aromatic carbocycles. The number of aromatic nitrogens is 4. The third-order valence-electron chi connectivity index (χ3n) is 2.27. The Kier molecular flexibility index (Phi) is 2.88. The highest BCUT2D eigenvalue weighted by atomic mass is 79.9. The van der Waals surface area contributed by atoms with Gasteiger partial charge in [0.15, 0.2) is 5.65 Å². The van der Waals surface area contributed by atoms with Crippen molar-refractivity contribution in [3.63, 3.8) is 0 Å². The number of imidazole rings is 1. The van der Waals surface area contributed by atoms with Gasteiger partial charge in [-0.05, 0) is 27.4 Å². The van der Waals surface area contributed by atoms with Gasteiger partial charge < -0.3 is 15.5 Å². The van der Waals surface area contributed by atoms with Crippen LogP contribution >= 0.6 is 27.3 Å². The van der Waals surface area contributed by atoms with Crippen LogP contribution < -0.4 is 10.5 Å². The van der Waals surface area contributed by atoms with E-state index < -0.39 is 0 Å². The largest absolute Gasteiger partial charge is 0.471 e. The van der Waals surface area contributed by atoms with E-state index in [4.69, 9.17) is 10.5 Å². The minimum absolute atomic E-state index is 0.149. The molecule has 3 aromatic heterocycles. The van der Waals surface area contributed by atoms with Gasteiger partial charge in [-0.1, -0.05) is 0 Å². The summed E-state index contributed by atoms with van der Waals surface area (Å²) in [5, 5.41) is 2.01. The number of ether oxygens (including phenoxy) is 1. The van der Waals surface area contributed by atoms with E-state index in [-0.39, 0.29) is 5.95 Å². The molecule has 0 saturated heterocycles. The smallest absolute Gasteiger partial charge is 0.245 e. The lowest BCUT2D eigenvalue weighted by atomic mass is 10.4. The van der Waals surface area contributed by atoms with Crippen molar-refractivity contribution in [1.82, 2.24) is 19.9 Å². The second-order valence-corrected chi connectivity index (χ2v) is 5.83. The van der Waals surface area contributed by atoms with E-state index in [0.29, 0.717) is 23.7 Å². The van der Waals surface area contributed by atoms with Crippen LogP contribution in [0.2, 0.25) is 0 Å². The number of hydrogen-bond donors (Lipinski definition) is 2. The molecule has 0 spiro atoms. The molecule has 0 saturated carbocycles. The van der Waals surface area contributed by atoms with Crippen LogP contribution in [-0.4, -0.2) is 19.9 Å².